The van der Waals surface area contributed by atoms with Crippen LogP contribution in [0.3, 0.4) is 0 Å². The number of rotatable bonds is 9. The maximum absolute atomic E-state index is 12.2. The predicted octanol–water partition coefficient (Wildman–Crippen LogP) is 1.79. The lowest BCUT2D eigenvalue weighted by atomic mass is 10.1. The predicted molar refractivity (Wildman–Crippen MR) is 74.2 cm³/mol. The molecular weight excluding hydrogens is 251 g/mol. The van der Waals surface area contributed by atoms with Crippen LogP contribution in [0.1, 0.15) is 20.3 Å². The van der Waals surface area contributed by atoms with Crippen LogP contribution in [-0.4, -0.2) is 57.5 Å². The molecule has 0 bridgehead atoms. The van der Waals surface area contributed by atoms with E-state index in [4.69, 9.17) is 9.05 Å². The summed E-state index contributed by atoms with van der Waals surface area (Å²) in [7, 11) is -0.714. The molecule has 0 saturated carbocycles. The highest BCUT2D eigenvalue weighted by Crippen LogP contribution is 2.47. The van der Waals surface area contributed by atoms with E-state index in [2.05, 4.69) is 17.3 Å². The van der Waals surface area contributed by atoms with E-state index in [-0.39, 0.29) is 0 Å². The molecule has 0 aromatic heterocycles. The summed E-state index contributed by atoms with van der Waals surface area (Å²) in [5.41, 5.74) is 0. The number of hydrogen-bond acceptors (Lipinski definition) is 5. The van der Waals surface area contributed by atoms with E-state index in [0.717, 1.165) is 13.1 Å². The van der Waals surface area contributed by atoms with Gasteiger partial charge in [0, 0.05) is 13.1 Å². The molecule has 0 amide bonds. The van der Waals surface area contributed by atoms with E-state index >= 15 is 0 Å². The number of nitrogens with one attached hydrogen (secondary N) is 1. The molecule has 1 atom stereocenters. The van der Waals surface area contributed by atoms with Crippen molar-refractivity contribution in [3.05, 3.63) is 0 Å². The third kappa shape index (κ3) is 5.81. The minimum absolute atomic E-state index is 0.435. The first-order valence-corrected chi connectivity index (χ1v) is 8.59. The first-order chi connectivity index (χ1) is 8.59. The van der Waals surface area contributed by atoms with Gasteiger partial charge in [-0.2, -0.15) is 0 Å². The van der Waals surface area contributed by atoms with E-state index in [0.29, 0.717) is 31.8 Å². The van der Waals surface area contributed by atoms with Crippen molar-refractivity contribution in [3.63, 3.8) is 0 Å². The molecule has 1 heterocycles. The fraction of sp³-hybridized carbons (Fsp3) is 1.00. The molecule has 1 unspecified atom stereocenters. The van der Waals surface area contributed by atoms with Crippen LogP contribution in [0.25, 0.3) is 0 Å². The first kappa shape index (κ1) is 16.1. The lowest BCUT2D eigenvalue weighted by Gasteiger charge is -2.18. The van der Waals surface area contributed by atoms with Gasteiger partial charge >= 0.3 is 7.60 Å². The van der Waals surface area contributed by atoms with Crippen LogP contribution in [0, 0.1) is 5.92 Å². The van der Waals surface area contributed by atoms with Gasteiger partial charge in [0.25, 0.3) is 0 Å². The summed E-state index contributed by atoms with van der Waals surface area (Å²) in [6.07, 6.45) is 1.70. The summed E-state index contributed by atoms with van der Waals surface area (Å²) >= 11 is 0. The maximum atomic E-state index is 12.2. The summed E-state index contributed by atoms with van der Waals surface area (Å²) in [6, 6.07) is 0. The van der Waals surface area contributed by atoms with Gasteiger partial charge < -0.3 is 19.3 Å². The summed E-state index contributed by atoms with van der Waals surface area (Å²) < 4.78 is 22.7. The van der Waals surface area contributed by atoms with Crippen molar-refractivity contribution >= 4 is 7.60 Å². The first-order valence-electron chi connectivity index (χ1n) is 6.87. The van der Waals surface area contributed by atoms with Gasteiger partial charge in [0.1, 0.15) is 0 Å². The molecule has 0 aromatic rings. The van der Waals surface area contributed by atoms with Crippen LogP contribution in [0.15, 0.2) is 0 Å². The minimum Gasteiger partial charge on any atom is -0.316 e. The molecule has 0 aromatic carbocycles. The Labute approximate surface area is 111 Å². The Bertz CT molecular complexity index is 266. The monoisotopic (exact) mass is 278 g/mol. The van der Waals surface area contributed by atoms with Crippen LogP contribution < -0.4 is 5.32 Å². The maximum Gasteiger partial charge on any atom is 0.331 e. The zero-order valence-electron chi connectivity index (χ0n) is 11.9. The topological polar surface area (TPSA) is 50.8 Å². The normalized spacial score (nSPS) is 21.6. The fourth-order valence-corrected chi connectivity index (χ4v) is 3.83. The van der Waals surface area contributed by atoms with Gasteiger partial charge in [0.05, 0.1) is 19.4 Å². The van der Waals surface area contributed by atoms with Gasteiger partial charge in [-0.25, -0.2) is 0 Å². The van der Waals surface area contributed by atoms with Gasteiger partial charge in [0.2, 0.25) is 0 Å². The van der Waals surface area contributed by atoms with Crippen molar-refractivity contribution in [2.75, 3.05) is 52.6 Å². The largest absolute Gasteiger partial charge is 0.331 e. The van der Waals surface area contributed by atoms with E-state index < -0.39 is 7.60 Å². The summed E-state index contributed by atoms with van der Waals surface area (Å²) in [5.74, 6) is 0.716. The molecule has 18 heavy (non-hydrogen) atoms. The average molecular weight is 278 g/mol. The Morgan fingerprint density at radius 1 is 1.33 bits per heavy atom. The van der Waals surface area contributed by atoms with E-state index in [1.165, 1.54) is 13.0 Å². The highest BCUT2D eigenvalue weighted by Gasteiger charge is 2.23. The molecule has 1 saturated heterocycles. The third-order valence-corrected chi connectivity index (χ3v) is 5.21. The number of likely N-dealkylation sites (tertiary alicyclic amines) is 1. The Kier molecular flexibility index (Phi) is 7.42. The second-order valence-corrected chi connectivity index (χ2v) is 6.98. The Morgan fingerprint density at radius 2 is 2.00 bits per heavy atom. The van der Waals surface area contributed by atoms with Gasteiger partial charge in [-0.05, 0) is 46.3 Å². The van der Waals surface area contributed by atoms with E-state index in [9.17, 15) is 4.57 Å². The van der Waals surface area contributed by atoms with Crippen LogP contribution >= 0.6 is 7.60 Å². The molecule has 0 spiro atoms. The molecular formula is C12H27N2O3P. The van der Waals surface area contributed by atoms with Crippen molar-refractivity contribution in [1.29, 1.82) is 0 Å². The molecule has 1 fully saturated rings. The lowest BCUT2D eigenvalue weighted by molar-refractivity contribution is 0.220. The van der Waals surface area contributed by atoms with Crippen molar-refractivity contribution in [1.82, 2.24) is 10.2 Å². The molecule has 0 radical (unpaired) electrons. The standard InChI is InChI=1S/C12H27N2O3P/c1-4-16-18(15,17-5-2)9-7-13-10-12-6-8-14(3)11-12/h12-13H,4-11H2,1-3H3. The van der Waals surface area contributed by atoms with E-state index in [1.54, 1.807) is 0 Å². The van der Waals surface area contributed by atoms with Crippen molar-refractivity contribution in [3.8, 4) is 0 Å². The quantitative estimate of drug-likeness (QED) is 0.515. The SMILES string of the molecule is CCOP(=O)(CCNCC1CCN(C)C1)OCC. The molecule has 1 rings (SSSR count). The summed E-state index contributed by atoms with van der Waals surface area (Å²) in [6.45, 7) is 8.57. The van der Waals surface area contributed by atoms with Crippen molar-refractivity contribution < 1.29 is 13.6 Å². The highest BCUT2D eigenvalue weighted by molar-refractivity contribution is 7.53. The lowest BCUT2D eigenvalue weighted by Crippen LogP contribution is -2.27. The van der Waals surface area contributed by atoms with Gasteiger partial charge in [-0.1, -0.05) is 0 Å². The van der Waals surface area contributed by atoms with Gasteiger partial charge in [-0.15, -0.1) is 0 Å². The van der Waals surface area contributed by atoms with Gasteiger partial charge in [-0.3, -0.25) is 4.57 Å². The summed E-state index contributed by atoms with van der Waals surface area (Å²) in [4.78, 5) is 2.34. The third-order valence-electron chi connectivity index (χ3n) is 3.14. The fourth-order valence-electron chi connectivity index (χ4n) is 2.27. The number of hydrogen-bond donors (Lipinski definition) is 1. The Balaban J connectivity index is 2.16. The average Bonchev–Trinajstić information content (AvgIpc) is 2.71. The molecule has 1 aliphatic rings. The molecule has 108 valence electrons. The molecule has 1 aliphatic heterocycles. The van der Waals surface area contributed by atoms with Crippen LogP contribution in [-0.2, 0) is 13.6 Å². The van der Waals surface area contributed by atoms with E-state index in [1.807, 2.05) is 13.8 Å². The summed E-state index contributed by atoms with van der Waals surface area (Å²) in [5, 5.41) is 3.36. The second-order valence-electron chi connectivity index (χ2n) is 4.79. The zero-order valence-corrected chi connectivity index (χ0v) is 12.7. The van der Waals surface area contributed by atoms with Crippen LogP contribution in [0.2, 0.25) is 0 Å². The number of nitrogens with zero attached hydrogens (tertiary/aromatic N) is 1. The molecule has 6 heteroatoms. The molecule has 0 aliphatic carbocycles. The van der Waals surface area contributed by atoms with Gasteiger partial charge in [0.15, 0.2) is 0 Å². The molecule has 1 N–H and O–H groups in total. The Morgan fingerprint density at radius 3 is 2.50 bits per heavy atom. The molecule has 5 nitrogen and oxygen atoms in total. The van der Waals surface area contributed by atoms with Crippen LogP contribution in [0.4, 0.5) is 0 Å². The van der Waals surface area contributed by atoms with Crippen molar-refractivity contribution in [2.45, 2.75) is 20.3 Å². The smallest absolute Gasteiger partial charge is 0.316 e. The minimum atomic E-state index is -2.87. The van der Waals surface area contributed by atoms with Crippen molar-refractivity contribution in [2.24, 2.45) is 5.92 Å². The highest BCUT2D eigenvalue weighted by atomic mass is 31.2. The zero-order chi connectivity index (χ0) is 13.4. The Hall–Kier alpha value is 0.0700. The van der Waals surface area contributed by atoms with Crippen LogP contribution in [0.5, 0.6) is 0 Å². The second kappa shape index (κ2) is 8.28.